The summed E-state index contributed by atoms with van der Waals surface area (Å²) in [7, 11) is 7.79. The van der Waals surface area contributed by atoms with Crippen molar-refractivity contribution in [2.45, 2.75) is 46.2 Å². The van der Waals surface area contributed by atoms with Crippen molar-refractivity contribution in [2.75, 3.05) is 34.7 Å². The number of thiophene rings is 2. The first-order valence-electron chi connectivity index (χ1n) is 11.9. The van der Waals surface area contributed by atoms with Crippen molar-refractivity contribution in [3.05, 3.63) is 43.8 Å². The molecule has 0 amide bonds. The molecular weight excluding hydrogens is 492 g/mol. The number of nitrogens with one attached hydrogen (secondary N) is 3. The highest BCUT2D eigenvalue weighted by Crippen LogP contribution is 2.19. The first-order chi connectivity index (χ1) is 17.2. The van der Waals surface area contributed by atoms with E-state index in [2.05, 4.69) is 80.9 Å². The fraction of sp³-hybridized carbons (Fsp3) is 0.500. The summed E-state index contributed by atoms with van der Waals surface area (Å²) in [6.07, 6.45) is -0.380. The molecule has 10 nitrogen and oxygen atoms in total. The van der Waals surface area contributed by atoms with Gasteiger partial charge in [0.25, 0.3) is 0 Å². The van der Waals surface area contributed by atoms with Gasteiger partial charge in [0.1, 0.15) is 12.3 Å². The van der Waals surface area contributed by atoms with E-state index in [1.54, 1.807) is 29.7 Å². The van der Waals surface area contributed by atoms with E-state index in [1.165, 1.54) is 19.5 Å². The van der Waals surface area contributed by atoms with Crippen LogP contribution in [0.1, 0.15) is 26.4 Å². The van der Waals surface area contributed by atoms with E-state index in [4.69, 9.17) is 9.98 Å². The van der Waals surface area contributed by atoms with E-state index in [0.29, 0.717) is 12.5 Å². The molecule has 0 spiro atoms. The van der Waals surface area contributed by atoms with Crippen molar-refractivity contribution in [1.82, 2.24) is 30.7 Å². The third kappa shape index (κ3) is 6.55. The highest BCUT2D eigenvalue weighted by molar-refractivity contribution is 7.12. The van der Waals surface area contributed by atoms with Gasteiger partial charge in [-0.1, -0.05) is 0 Å². The molecule has 0 radical (unpaired) electrons. The second kappa shape index (κ2) is 11.3. The minimum Gasteiger partial charge on any atom is -0.349 e. The predicted octanol–water partition coefficient (Wildman–Crippen LogP) is 2.44. The largest absolute Gasteiger partial charge is 0.349 e. The van der Waals surface area contributed by atoms with Gasteiger partial charge in [0.05, 0.1) is 19.6 Å². The van der Waals surface area contributed by atoms with Gasteiger partial charge in [-0.3, -0.25) is 15.6 Å². The highest BCUT2D eigenvalue weighted by Gasteiger charge is 2.27. The molecule has 0 bridgehead atoms. The molecule has 3 N–H and O–H groups in total. The van der Waals surface area contributed by atoms with Crippen LogP contribution in [0.5, 0.6) is 0 Å². The van der Waals surface area contributed by atoms with E-state index >= 15 is 0 Å². The van der Waals surface area contributed by atoms with Gasteiger partial charge in [-0.05, 0) is 45.0 Å². The Bertz CT molecular complexity index is 1180. The number of rotatable bonds is 6. The quantitative estimate of drug-likeness (QED) is 0.533. The van der Waals surface area contributed by atoms with Crippen LogP contribution in [0.4, 0.5) is 0 Å². The lowest BCUT2D eigenvalue weighted by atomic mass is 10.3. The average molecular weight is 529 g/mol. The van der Waals surface area contributed by atoms with Crippen LogP contribution in [-0.2, 0) is 13.1 Å². The van der Waals surface area contributed by atoms with Crippen LogP contribution >= 0.6 is 22.7 Å². The monoisotopic (exact) mass is 528 g/mol. The zero-order valence-electron chi connectivity index (χ0n) is 22.0. The number of hydrogen-bond donors (Lipinski definition) is 3. The summed E-state index contributed by atoms with van der Waals surface area (Å²) in [5.41, 5.74) is 0. The number of aryl methyl sites for hydroxylation is 2. The lowest BCUT2D eigenvalue weighted by Crippen LogP contribution is -2.59. The Kier molecular flexibility index (Phi) is 8.14. The van der Waals surface area contributed by atoms with Gasteiger partial charge in [0, 0.05) is 47.7 Å². The molecule has 2 aromatic rings. The summed E-state index contributed by atoms with van der Waals surface area (Å²) in [6.45, 7) is 8.36. The molecule has 2 aliphatic rings. The molecule has 12 heteroatoms. The minimum absolute atomic E-state index is 0.167. The number of hydrogen-bond acceptors (Lipinski definition) is 10. The van der Waals surface area contributed by atoms with Gasteiger partial charge in [-0.2, -0.15) is 0 Å². The van der Waals surface area contributed by atoms with Crippen molar-refractivity contribution < 1.29 is 0 Å². The van der Waals surface area contributed by atoms with E-state index in [9.17, 15) is 0 Å². The summed E-state index contributed by atoms with van der Waals surface area (Å²) >= 11 is 3.61. The lowest BCUT2D eigenvalue weighted by Gasteiger charge is -2.35. The molecule has 4 rings (SSSR count). The molecule has 0 aromatic carbocycles. The second-order valence-corrected chi connectivity index (χ2v) is 11.9. The van der Waals surface area contributed by atoms with Crippen LogP contribution in [0.3, 0.4) is 0 Å². The van der Waals surface area contributed by atoms with Gasteiger partial charge >= 0.3 is 0 Å². The van der Waals surface area contributed by atoms with Crippen molar-refractivity contribution in [2.24, 2.45) is 20.0 Å². The maximum atomic E-state index is 5.02. The summed E-state index contributed by atoms with van der Waals surface area (Å²) < 4.78 is 0. The number of aliphatic imine (C=N–C) groups is 4. The maximum absolute atomic E-state index is 5.02. The van der Waals surface area contributed by atoms with Gasteiger partial charge in [-0.25, -0.2) is 15.0 Å². The van der Waals surface area contributed by atoms with Crippen LogP contribution in [0.2, 0.25) is 0 Å². The zero-order chi connectivity index (χ0) is 25.8. The van der Waals surface area contributed by atoms with Crippen molar-refractivity contribution in [3.8, 4) is 0 Å². The maximum Gasteiger partial charge on any atom is 0.203 e. The smallest absolute Gasteiger partial charge is 0.203 e. The molecule has 0 saturated carbocycles. The first kappa shape index (κ1) is 26.0. The molecule has 2 aromatic heterocycles. The Hall–Kier alpha value is -3.12. The summed E-state index contributed by atoms with van der Waals surface area (Å²) in [5, 5.41) is 10.2. The highest BCUT2D eigenvalue weighted by atomic mass is 32.1. The first-order valence-corrected chi connectivity index (χ1v) is 13.6. The van der Waals surface area contributed by atoms with Gasteiger partial charge < -0.3 is 20.0 Å². The van der Waals surface area contributed by atoms with Gasteiger partial charge in [0.2, 0.25) is 17.9 Å². The van der Waals surface area contributed by atoms with E-state index in [-0.39, 0.29) is 12.3 Å². The number of guanidine groups is 4. The van der Waals surface area contributed by atoms with Gasteiger partial charge in [0.15, 0.2) is 5.96 Å². The standard InChI is InChI=1S/C24H36N10S2/c1-15-8-10-18(35-15)12-33(7)23-29-20(28-21(25-4)30-23)14-34(13-19-11-9-16(2)36-19)24-27-17(3)26-22(31-24)32(5)6/h8-11,17,20H,12-14H2,1-7H3,(H,26,27,31)(H2,25,28,29,30). The Morgan fingerprint density at radius 1 is 0.861 bits per heavy atom. The predicted molar refractivity (Wildman–Crippen MR) is 152 cm³/mol. The molecule has 2 atom stereocenters. The van der Waals surface area contributed by atoms with Crippen LogP contribution < -0.4 is 16.0 Å². The molecule has 4 heterocycles. The minimum atomic E-state index is -0.213. The SMILES string of the molecule is CN=C1NC(N(C)Cc2ccc(C)s2)=NC(CN(Cc2ccc(C)s2)C2=NC(C)N=C(N(C)C)N2)N1. The lowest BCUT2D eigenvalue weighted by molar-refractivity contribution is 0.349. The third-order valence-corrected chi connectivity index (χ3v) is 7.66. The Labute approximate surface area is 221 Å². The Morgan fingerprint density at radius 2 is 1.50 bits per heavy atom. The average Bonchev–Trinajstić information content (AvgIpc) is 3.44. The van der Waals surface area contributed by atoms with E-state index < -0.39 is 0 Å². The fourth-order valence-corrected chi connectivity index (χ4v) is 5.77. The van der Waals surface area contributed by atoms with E-state index in [1.807, 2.05) is 25.9 Å². The molecule has 36 heavy (non-hydrogen) atoms. The van der Waals surface area contributed by atoms with Crippen LogP contribution in [0.15, 0.2) is 44.2 Å². The summed E-state index contributed by atoms with van der Waals surface area (Å²) in [5.74, 6) is 3.08. The molecular formula is C24H36N10S2. The fourth-order valence-electron chi connectivity index (χ4n) is 3.92. The summed E-state index contributed by atoms with van der Waals surface area (Å²) in [6, 6.07) is 8.67. The topological polar surface area (TPSA) is 95.2 Å². The van der Waals surface area contributed by atoms with E-state index in [0.717, 1.165) is 31.0 Å². The van der Waals surface area contributed by atoms with Gasteiger partial charge in [-0.15, -0.1) is 22.7 Å². The zero-order valence-corrected chi connectivity index (χ0v) is 23.7. The van der Waals surface area contributed by atoms with Crippen LogP contribution in [-0.4, -0.2) is 85.6 Å². The van der Waals surface area contributed by atoms with Crippen LogP contribution in [0.25, 0.3) is 0 Å². The Balaban J connectivity index is 1.57. The molecule has 0 saturated heterocycles. The van der Waals surface area contributed by atoms with Crippen molar-refractivity contribution in [1.29, 1.82) is 0 Å². The second-order valence-electron chi connectivity index (χ2n) is 9.13. The van der Waals surface area contributed by atoms with Crippen LogP contribution in [0, 0.1) is 13.8 Å². The molecule has 194 valence electrons. The normalized spacial score (nSPS) is 20.5. The summed E-state index contributed by atoms with van der Waals surface area (Å²) in [4.78, 5) is 30.4. The number of nitrogens with zero attached hydrogens (tertiary/aromatic N) is 7. The molecule has 2 aliphatic heterocycles. The third-order valence-electron chi connectivity index (χ3n) is 5.69. The van der Waals surface area contributed by atoms with Crippen molar-refractivity contribution >= 4 is 46.5 Å². The molecule has 0 aliphatic carbocycles. The Morgan fingerprint density at radius 3 is 2.08 bits per heavy atom. The van der Waals surface area contributed by atoms with Crippen molar-refractivity contribution in [3.63, 3.8) is 0 Å². The molecule has 2 unspecified atom stereocenters. The molecule has 0 fully saturated rings.